The van der Waals surface area contributed by atoms with Gasteiger partial charge in [0.2, 0.25) is 0 Å². The average Bonchev–Trinajstić information content (AvgIpc) is 3.84. The lowest BCUT2D eigenvalue weighted by Gasteiger charge is -2.29. The highest BCUT2D eigenvalue weighted by molar-refractivity contribution is 6.17. The summed E-state index contributed by atoms with van der Waals surface area (Å²) in [5.74, 6) is 0. The molecule has 0 unspecified atom stereocenters. The summed E-state index contributed by atoms with van der Waals surface area (Å²) in [5, 5.41) is 9.46. The van der Waals surface area contributed by atoms with Gasteiger partial charge in [0.15, 0.2) is 0 Å². The second kappa shape index (κ2) is 13.4. The number of furan rings is 1. The molecule has 0 saturated heterocycles. The minimum atomic E-state index is 0.891. The second-order valence-electron chi connectivity index (χ2n) is 15.3. The van der Waals surface area contributed by atoms with Crippen molar-refractivity contribution in [2.75, 3.05) is 4.90 Å². The molecule has 0 atom stereocenters. The van der Waals surface area contributed by atoms with E-state index in [-0.39, 0.29) is 0 Å². The molecule has 2 heterocycles. The highest BCUT2D eigenvalue weighted by atomic mass is 16.3. The molecule has 12 aromatic rings. The molecule has 0 saturated carbocycles. The zero-order chi connectivity index (χ0) is 38.9. The van der Waals surface area contributed by atoms with E-state index >= 15 is 0 Å². The van der Waals surface area contributed by atoms with E-state index in [1.165, 1.54) is 43.6 Å². The topological polar surface area (TPSA) is 21.3 Å². The van der Waals surface area contributed by atoms with Crippen LogP contribution in [0.2, 0.25) is 0 Å². The number of anilines is 3. The van der Waals surface area contributed by atoms with Gasteiger partial charge in [-0.25, -0.2) is 0 Å². The van der Waals surface area contributed by atoms with Gasteiger partial charge in [-0.3, -0.25) is 0 Å². The van der Waals surface area contributed by atoms with Crippen molar-refractivity contribution in [1.82, 2.24) is 4.57 Å². The molecule has 0 bridgehead atoms. The minimum Gasteiger partial charge on any atom is -0.456 e. The molecule has 2 aromatic heterocycles. The van der Waals surface area contributed by atoms with Gasteiger partial charge in [0.1, 0.15) is 11.2 Å². The van der Waals surface area contributed by atoms with Crippen LogP contribution in [0.3, 0.4) is 0 Å². The number of benzene rings is 10. The highest BCUT2D eigenvalue weighted by Gasteiger charge is 2.23. The van der Waals surface area contributed by atoms with Crippen LogP contribution >= 0.6 is 0 Å². The Bertz CT molecular complexity index is 3550. The number of hydrogen-bond donors (Lipinski definition) is 0. The van der Waals surface area contributed by atoms with Gasteiger partial charge in [-0.1, -0.05) is 152 Å². The maximum atomic E-state index is 6.41. The number of fused-ring (bicyclic) bond motifs is 8. The van der Waals surface area contributed by atoms with Crippen LogP contribution < -0.4 is 4.90 Å². The Kier molecular flexibility index (Phi) is 7.54. The van der Waals surface area contributed by atoms with E-state index in [1.54, 1.807) is 0 Å². The maximum absolute atomic E-state index is 6.41. The first kappa shape index (κ1) is 33.3. The molecule has 0 aliphatic rings. The van der Waals surface area contributed by atoms with Gasteiger partial charge in [-0.15, -0.1) is 0 Å². The molecule has 59 heavy (non-hydrogen) atoms. The monoisotopic (exact) mass is 752 g/mol. The van der Waals surface area contributed by atoms with Crippen molar-refractivity contribution < 1.29 is 4.42 Å². The molecule has 0 amide bonds. The molecule has 0 radical (unpaired) electrons. The third kappa shape index (κ3) is 5.36. The Balaban J connectivity index is 1.09. The van der Waals surface area contributed by atoms with Crippen LogP contribution in [0.5, 0.6) is 0 Å². The Morgan fingerprint density at radius 1 is 0.356 bits per heavy atom. The number of para-hydroxylation sites is 4. The number of rotatable bonds is 6. The number of aromatic nitrogens is 1. The van der Waals surface area contributed by atoms with Gasteiger partial charge in [0, 0.05) is 38.5 Å². The quantitative estimate of drug-likeness (QED) is 0.169. The molecule has 0 fully saturated rings. The lowest BCUT2D eigenvalue weighted by Crippen LogP contribution is -2.11. The van der Waals surface area contributed by atoms with Crippen molar-refractivity contribution >= 4 is 82.4 Å². The van der Waals surface area contributed by atoms with Crippen LogP contribution in [-0.2, 0) is 0 Å². The first-order valence-electron chi connectivity index (χ1n) is 20.2. The van der Waals surface area contributed by atoms with Crippen LogP contribution in [0.1, 0.15) is 0 Å². The van der Waals surface area contributed by atoms with Crippen molar-refractivity contribution in [3.63, 3.8) is 0 Å². The molecule has 0 aliphatic heterocycles. The Morgan fingerprint density at radius 2 is 1.00 bits per heavy atom. The van der Waals surface area contributed by atoms with Gasteiger partial charge in [0.05, 0.1) is 22.4 Å². The molecular weight excluding hydrogens is 717 g/mol. The summed E-state index contributed by atoms with van der Waals surface area (Å²) in [5.41, 5.74) is 13.3. The minimum absolute atomic E-state index is 0.891. The third-order valence-electron chi connectivity index (χ3n) is 12.0. The van der Waals surface area contributed by atoms with Crippen molar-refractivity contribution in [3.05, 3.63) is 218 Å². The summed E-state index contributed by atoms with van der Waals surface area (Å²) in [4.78, 5) is 2.46. The van der Waals surface area contributed by atoms with Crippen LogP contribution in [0, 0.1) is 0 Å². The Hall–Kier alpha value is -7.88. The van der Waals surface area contributed by atoms with E-state index in [0.717, 1.165) is 66.7 Å². The summed E-state index contributed by atoms with van der Waals surface area (Å²) in [6.07, 6.45) is 0. The molecule has 3 heteroatoms. The number of hydrogen-bond acceptors (Lipinski definition) is 2. The van der Waals surface area contributed by atoms with Crippen LogP contribution in [0.25, 0.3) is 93.2 Å². The van der Waals surface area contributed by atoms with Crippen LogP contribution in [-0.4, -0.2) is 4.57 Å². The van der Waals surface area contributed by atoms with Crippen LogP contribution in [0.4, 0.5) is 17.1 Å². The molecule has 0 spiro atoms. The van der Waals surface area contributed by atoms with E-state index in [0.29, 0.717) is 0 Å². The van der Waals surface area contributed by atoms with Gasteiger partial charge in [-0.2, -0.15) is 0 Å². The lowest BCUT2D eigenvalue weighted by atomic mass is 9.95. The molecule has 276 valence electrons. The predicted molar refractivity (Wildman–Crippen MR) is 249 cm³/mol. The lowest BCUT2D eigenvalue weighted by molar-refractivity contribution is 0.669. The van der Waals surface area contributed by atoms with E-state index in [9.17, 15) is 0 Å². The summed E-state index contributed by atoms with van der Waals surface area (Å²) in [6.45, 7) is 0. The zero-order valence-electron chi connectivity index (χ0n) is 32.1. The fraction of sp³-hybridized carbons (Fsp3) is 0. The van der Waals surface area contributed by atoms with Gasteiger partial charge < -0.3 is 13.9 Å². The standard InChI is InChI=1S/C56H36N2O/c1-2-16-42(17-3-1)57-51-24-10-7-21-48(51)56-52(57)25-13-26-53(56)58(43-33-32-40-35-49-47-20-8-11-27-54(47)59-55(49)36-41(40)34-43)50-23-9-6-19-46(50)39-30-28-38(29-31-39)45-22-12-15-37-14-4-5-18-44(37)45/h1-36H. The third-order valence-corrected chi connectivity index (χ3v) is 12.0. The first-order valence-corrected chi connectivity index (χ1v) is 20.2. The van der Waals surface area contributed by atoms with E-state index < -0.39 is 0 Å². The Labute approximate surface area is 341 Å². The molecule has 10 aromatic carbocycles. The highest BCUT2D eigenvalue weighted by Crippen LogP contribution is 2.47. The number of nitrogens with zero attached hydrogens (tertiary/aromatic N) is 2. The smallest absolute Gasteiger partial charge is 0.136 e. The first-order chi connectivity index (χ1) is 29.3. The summed E-state index contributed by atoms with van der Waals surface area (Å²) in [7, 11) is 0. The van der Waals surface area contributed by atoms with Gasteiger partial charge in [-0.05, 0) is 105 Å². The molecular formula is C56H36N2O. The SMILES string of the molecule is c1ccc(-n2c3ccccc3c3c(N(c4ccc5cc6c(cc5c4)oc4ccccc46)c4ccccc4-c4ccc(-c5cccc6ccccc56)cc4)cccc32)cc1. The summed E-state index contributed by atoms with van der Waals surface area (Å²) < 4.78 is 8.80. The van der Waals surface area contributed by atoms with Crippen molar-refractivity contribution in [2.45, 2.75) is 0 Å². The molecule has 12 rings (SSSR count). The summed E-state index contributed by atoms with van der Waals surface area (Å²) in [6, 6.07) is 78.9. The second-order valence-corrected chi connectivity index (χ2v) is 15.3. The average molecular weight is 753 g/mol. The van der Waals surface area contributed by atoms with Gasteiger partial charge >= 0.3 is 0 Å². The fourth-order valence-electron chi connectivity index (χ4n) is 9.26. The summed E-state index contributed by atoms with van der Waals surface area (Å²) >= 11 is 0. The van der Waals surface area contributed by atoms with Crippen molar-refractivity contribution in [1.29, 1.82) is 0 Å². The molecule has 3 nitrogen and oxygen atoms in total. The zero-order valence-corrected chi connectivity index (χ0v) is 32.1. The normalized spacial score (nSPS) is 11.7. The van der Waals surface area contributed by atoms with Crippen molar-refractivity contribution in [3.8, 4) is 27.9 Å². The van der Waals surface area contributed by atoms with Gasteiger partial charge in [0.25, 0.3) is 0 Å². The van der Waals surface area contributed by atoms with Crippen LogP contribution in [0.15, 0.2) is 223 Å². The van der Waals surface area contributed by atoms with E-state index in [1.807, 2.05) is 12.1 Å². The predicted octanol–water partition coefficient (Wildman–Crippen LogP) is 15.8. The fourth-order valence-corrected chi connectivity index (χ4v) is 9.26. The molecule has 0 N–H and O–H groups in total. The maximum Gasteiger partial charge on any atom is 0.136 e. The van der Waals surface area contributed by atoms with E-state index in [4.69, 9.17) is 4.42 Å². The largest absolute Gasteiger partial charge is 0.456 e. The van der Waals surface area contributed by atoms with E-state index in [2.05, 4.69) is 216 Å². The Morgan fingerprint density at radius 3 is 1.88 bits per heavy atom. The molecule has 0 aliphatic carbocycles. The van der Waals surface area contributed by atoms with Crippen molar-refractivity contribution in [2.24, 2.45) is 0 Å².